The van der Waals surface area contributed by atoms with Gasteiger partial charge < -0.3 is 10.5 Å². The Hall–Kier alpha value is -1.23. The third-order valence-corrected chi connectivity index (χ3v) is 2.04. The molecule has 15 heavy (non-hydrogen) atoms. The van der Waals surface area contributed by atoms with Gasteiger partial charge in [-0.15, -0.1) is 0 Å². The standard InChI is InChI=1S/C10H12F3NO/c1-15-8-4-2-7(3-5-8)6-9(14)10(11,12)13/h2-5,9H,6,14H2,1H3/t9-/m0/s1. The molecule has 0 saturated heterocycles. The zero-order chi connectivity index (χ0) is 11.5. The molecule has 2 N–H and O–H groups in total. The highest BCUT2D eigenvalue weighted by Crippen LogP contribution is 2.22. The maximum atomic E-state index is 12.1. The van der Waals surface area contributed by atoms with Crippen LogP contribution in [0.15, 0.2) is 24.3 Å². The summed E-state index contributed by atoms with van der Waals surface area (Å²) in [6.07, 6.45) is -4.56. The fourth-order valence-corrected chi connectivity index (χ4v) is 1.13. The Labute approximate surface area is 85.8 Å². The Bertz CT molecular complexity index is 307. The highest BCUT2D eigenvalue weighted by Gasteiger charge is 2.36. The van der Waals surface area contributed by atoms with Crippen LogP contribution >= 0.6 is 0 Å². The molecular formula is C10H12F3NO. The first-order chi connectivity index (χ1) is 6.93. The van der Waals surface area contributed by atoms with E-state index in [1.807, 2.05) is 0 Å². The number of nitrogens with two attached hydrogens (primary N) is 1. The minimum atomic E-state index is -4.35. The van der Waals surface area contributed by atoms with E-state index in [0.29, 0.717) is 11.3 Å². The lowest BCUT2D eigenvalue weighted by atomic mass is 10.1. The van der Waals surface area contributed by atoms with Gasteiger partial charge in [0.1, 0.15) is 11.8 Å². The second kappa shape index (κ2) is 4.53. The van der Waals surface area contributed by atoms with Crippen LogP contribution in [0.25, 0.3) is 0 Å². The van der Waals surface area contributed by atoms with E-state index in [2.05, 4.69) is 0 Å². The number of benzene rings is 1. The summed E-state index contributed by atoms with van der Waals surface area (Å²) >= 11 is 0. The Morgan fingerprint density at radius 2 is 1.80 bits per heavy atom. The lowest BCUT2D eigenvalue weighted by Crippen LogP contribution is -2.39. The summed E-state index contributed by atoms with van der Waals surface area (Å²) in [6.45, 7) is 0. The molecule has 0 amide bonds. The lowest BCUT2D eigenvalue weighted by molar-refractivity contribution is -0.147. The van der Waals surface area contributed by atoms with Gasteiger partial charge >= 0.3 is 6.18 Å². The number of hydrogen-bond acceptors (Lipinski definition) is 2. The van der Waals surface area contributed by atoms with Crippen molar-refractivity contribution in [2.45, 2.75) is 18.6 Å². The zero-order valence-corrected chi connectivity index (χ0v) is 8.21. The smallest absolute Gasteiger partial charge is 0.403 e. The third-order valence-electron chi connectivity index (χ3n) is 2.04. The maximum absolute atomic E-state index is 12.1. The molecule has 0 bridgehead atoms. The van der Waals surface area contributed by atoms with Crippen molar-refractivity contribution in [3.63, 3.8) is 0 Å². The van der Waals surface area contributed by atoms with E-state index in [1.165, 1.54) is 7.11 Å². The molecule has 1 aromatic carbocycles. The average Bonchev–Trinajstić information content (AvgIpc) is 2.17. The Balaban J connectivity index is 2.65. The number of methoxy groups -OCH3 is 1. The van der Waals surface area contributed by atoms with Gasteiger partial charge in [0.2, 0.25) is 0 Å². The van der Waals surface area contributed by atoms with E-state index >= 15 is 0 Å². The molecular weight excluding hydrogens is 207 g/mol. The van der Waals surface area contributed by atoms with Crippen molar-refractivity contribution in [1.82, 2.24) is 0 Å². The molecule has 1 rings (SSSR count). The van der Waals surface area contributed by atoms with Gasteiger partial charge in [0.25, 0.3) is 0 Å². The van der Waals surface area contributed by atoms with Crippen LogP contribution in [0.4, 0.5) is 13.2 Å². The Kier molecular flexibility index (Phi) is 3.57. The molecule has 1 aromatic rings. The summed E-state index contributed by atoms with van der Waals surface area (Å²) < 4.78 is 41.3. The monoisotopic (exact) mass is 219 g/mol. The minimum absolute atomic E-state index is 0.215. The lowest BCUT2D eigenvalue weighted by Gasteiger charge is -2.15. The normalized spacial score (nSPS) is 13.7. The van der Waals surface area contributed by atoms with Gasteiger partial charge in [-0.2, -0.15) is 13.2 Å². The van der Waals surface area contributed by atoms with Crippen LogP contribution in [-0.2, 0) is 6.42 Å². The predicted molar refractivity (Wildman–Crippen MR) is 50.7 cm³/mol. The van der Waals surface area contributed by atoms with Gasteiger partial charge in [-0.3, -0.25) is 0 Å². The average molecular weight is 219 g/mol. The quantitative estimate of drug-likeness (QED) is 0.845. The largest absolute Gasteiger partial charge is 0.497 e. The molecule has 0 radical (unpaired) electrons. The van der Waals surface area contributed by atoms with Crippen LogP contribution in [0, 0.1) is 0 Å². The topological polar surface area (TPSA) is 35.2 Å². The summed E-state index contributed by atoms with van der Waals surface area (Å²) in [5.41, 5.74) is 5.54. The SMILES string of the molecule is COc1ccc(C[C@H](N)C(F)(F)F)cc1. The van der Waals surface area contributed by atoms with Gasteiger partial charge in [0, 0.05) is 0 Å². The molecule has 0 unspecified atom stereocenters. The highest BCUT2D eigenvalue weighted by atomic mass is 19.4. The molecule has 1 atom stereocenters. The molecule has 0 spiro atoms. The van der Waals surface area contributed by atoms with Gasteiger partial charge in [-0.25, -0.2) is 0 Å². The number of hydrogen-bond donors (Lipinski definition) is 1. The number of rotatable bonds is 3. The van der Waals surface area contributed by atoms with Crippen molar-refractivity contribution in [3.05, 3.63) is 29.8 Å². The summed E-state index contributed by atoms with van der Waals surface area (Å²) in [7, 11) is 1.50. The molecule has 0 saturated carbocycles. The molecule has 2 nitrogen and oxygen atoms in total. The molecule has 0 aliphatic heterocycles. The second-order valence-corrected chi connectivity index (χ2v) is 3.20. The van der Waals surface area contributed by atoms with Crippen molar-refractivity contribution in [2.24, 2.45) is 5.73 Å². The predicted octanol–water partition coefficient (Wildman–Crippen LogP) is 2.13. The van der Waals surface area contributed by atoms with Crippen LogP contribution < -0.4 is 10.5 Å². The first kappa shape index (κ1) is 11.8. The van der Waals surface area contributed by atoms with Crippen LogP contribution in [-0.4, -0.2) is 19.3 Å². The van der Waals surface area contributed by atoms with Crippen molar-refractivity contribution in [2.75, 3.05) is 7.11 Å². The minimum Gasteiger partial charge on any atom is -0.497 e. The summed E-state index contributed by atoms with van der Waals surface area (Å²) in [5.74, 6) is 0.610. The van der Waals surface area contributed by atoms with Crippen molar-refractivity contribution < 1.29 is 17.9 Å². The van der Waals surface area contributed by atoms with Crippen molar-refractivity contribution in [1.29, 1.82) is 0 Å². The van der Waals surface area contributed by atoms with Gasteiger partial charge in [0.05, 0.1) is 7.11 Å². The summed E-state index contributed by atoms with van der Waals surface area (Å²) in [6, 6.07) is 4.55. The molecule has 0 heterocycles. The van der Waals surface area contributed by atoms with Crippen molar-refractivity contribution >= 4 is 0 Å². The van der Waals surface area contributed by atoms with E-state index in [4.69, 9.17) is 10.5 Å². The molecule has 0 aliphatic rings. The number of ether oxygens (including phenoxy) is 1. The molecule has 0 fully saturated rings. The van der Waals surface area contributed by atoms with Gasteiger partial charge in [0.15, 0.2) is 0 Å². The van der Waals surface area contributed by atoms with Gasteiger partial charge in [-0.1, -0.05) is 12.1 Å². The molecule has 84 valence electrons. The van der Waals surface area contributed by atoms with Crippen LogP contribution in [0.2, 0.25) is 0 Å². The Morgan fingerprint density at radius 3 is 2.20 bits per heavy atom. The van der Waals surface area contributed by atoms with Crippen LogP contribution in [0.5, 0.6) is 5.75 Å². The van der Waals surface area contributed by atoms with E-state index in [0.717, 1.165) is 0 Å². The Morgan fingerprint density at radius 1 is 1.27 bits per heavy atom. The number of halogens is 3. The summed E-state index contributed by atoms with van der Waals surface area (Å²) in [5, 5.41) is 0. The van der Waals surface area contributed by atoms with E-state index in [-0.39, 0.29) is 6.42 Å². The first-order valence-electron chi connectivity index (χ1n) is 4.38. The highest BCUT2D eigenvalue weighted by molar-refractivity contribution is 5.27. The third kappa shape index (κ3) is 3.43. The van der Waals surface area contributed by atoms with E-state index in [1.54, 1.807) is 24.3 Å². The van der Waals surface area contributed by atoms with Crippen LogP contribution in [0.3, 0.4) is 0 Å². The zero-order valence-electron chi connectivity index (χ0n) is 8.21. The molecule has 5 heteroatoms. The van der Waals surface area contributed by atoms with Crippen molar-refractivity contribution in [3.8, 4) is 5.75 Å². The second-order valence-electron chi connectivity index (χ2n) is 3.20. The summed E-state index contributed by atoms with van der Waals surface area (Å²) in [4.78, 5) is 0. The van der Waals surface area contributed by atoms with E-state index in [9.17, 15) is 13.2 Å². The van der Waals surface area contributed by atoms with Crippen LogP contribution in [0.1, 0.15) is 5.56 Å². The number of alkyl halides is 3. The molecule has 0 aliphatic carbocycles. The molecule has 0 aromatic heterocycles. The fraction of sp³-hybridized carbons (Fsp3) is 0.400. The van der Waals surface area contributed by atoms with E-state index < -0.39 is 12.2 Å². The maximum Gasteiger partial charge on any atom is 0.403 e. The van der Waals surface area contributed by atoms with Gasteiger partial charge in [-0.05, 0) is 24.1 Å². The first-order valence-corrected chi connectivity index (χ1v) is 4.38. The fourth-order valence-electron chi connectivity index (χ4n) is 1.13.